The van der Waals surface area contributed by atoms with E-state index in [9.17, 15) is 14.9 Å². The van der Waals surface area contributed by atoms with E-state index in [1.165, 1.54) is 17.8 Å². The summed E-state index contributed by atoms with van der Waals surface area (Å²) in [5.41, 5.74) is 0.318. The summed E-state index contributed by atoms with van der Waals surface area (Å²) in [5.74, 6) is 0.104. The van der Waals surface area contributed by atoms with Crippen molar-refractivity contribution in [3.63, 3.8) is 0 Å². The molecule has 1 aromatic carbocycles. The molecule has 2 unspecified atom stereocenters. The number of benzene rings is 1. The van der Waals surface area contributed by atoms with Crippen LogP contribution in [0.4, 0.5) is 5.69 Å². The number of rotatable bonds is 4. The Hall–Kier alpha value is -1.31. The van der Waals surface area contributed by atoms with E-state index in [0.29, 0.717) is 16.4 Å². The fraction of sp³-hybridized carbons (Fsp3) is 0.500. The third-order valence-corrected chi connectivity index (χ3v) is 4.52. The molecule has 6 nitrogen and oxygen atoms in total. The zero-order valence-corrected chi connectivity index (χ0v) is 14.1. The van der Waals surface area contributed by atoms with Crippen LogP contribution in [0.15, 0.2) is 23.1 Å². The Balaban J connectivity index is 0.00000242. The molecular formula is C14H20ClN3O3S. The lowest BCUT2D eigenvalue weighted by atomic mass is 9.95. The van der Waals surface area contributed by atoms with Gasteiger partial charge in [0.05, 0.1) is 9.82 Å². The standard InChI is InChI=1S/C14H19N3O3S.ClH/c1-9-8-15-6-5-11(9)16-14(18)10-3-4-13(21-2)12(7-10)17(19)20;/h3-4,7,9,11,15H,5-6,8H2,1-2H3,(H,16,18);1H. The van der Waals surface area contributed by atoms with Crippen molar-refractivity contribution in [1.29, 1.82) is 0 Å². The van der Waals surface area contributed by atoms with Gasteiger partial charge in [-0.3, -0.25) is 14.9 Å². The topological polar surface area (TPSA) is 84.3 Å². The van der Waals surface area contributed by atoms with Gasteiger partial charge in [0.1, 0.15) is 0 Å². The lowest BCUT2D eigenvalue weighted by molar-refractivity contribution is -0.387. The van der Waals surface area contributed by atoms with Gasteiger partial charge in [-0.2, -0.15) is 0 Å². The molecule has 1 aliphatic rings. The van der Waals surface area contributed by atoms with Gasteiger partial charge >= 0.3 is 0 Å². The van der Waals surface area contributed by atoms with E-state index in [1.54, 1.807) is 18.4 Å². The minimum absolute atomic E-state index is 0. The maximum Gasteiger partial charge on any atom is 0.283 e. The van der Waals surface area contributed by atoms with E-state index < -0.39 is 4.92 Å². The number of nitro groups is 1. The van der Waals surface area contributed by atoms with E-state index >= 15 is 0 Å². The molecule has 8 heteroatoms. The van der Waals surface area contributed by atoms with Gasteiger partial charge in [0, 0.05) is 17.7 Å². The molecule has 1 amide bonds. The Morgan fingerprint density at radius 2 is 2.23 bits per heavy atom. The number of piperidine rings is 1. The van der Waals surface area contributed by atoms with Gasteiger partial charge in [0.25, 0.3) is 11.6 Å². The molecule has 2 atom stereocenters. The quantitative estimate of drug-likeness (QED) is 0.497. The SMILES string of the molecule is CSc1ccc(C(=O)NC2CCNCC2C)cc1[N+](=O)[O-].Cl. The first-order valence-corrected chi connectivity index (χ1v) is 8.09. The molecule has 0 bridgehead atoms. The van der Waals surface area contributed by atoms with E-state index in [1.807, 2.05) is 0 Å². The van der Waals surface area contributed by atoms with Crippen LogP contribution in [0.5, 0.6) is 0 Å². The van der Waals surface area contributed by atoms with Gasteiger partial charge in [0.2, 0.25) is 0 Å². The first-order chi connectivity index (χ1) is 10.0. The smallest absolute Gasteiger partial charge is 0.283 e. The second kappa shape index (κ2) is 8.36. The van der Waals surface area contributed by atoms with Crippen molar-refractivity contribution in [2.24, 2.45) is 5.92 Å². The predicted octanol–water partition coefficient (Wildman–Crippen LogP) is 2.47. The molecule has 0 aliphatic carbocycles. The zero-order valence-electron chi connectivity index (χ0n) is 12.5. The third-order valence-electron chi connectivity index (χ3n) is 3.74. The van der Waals surface area contributed by atoms with Crippen LogP contribution in [0, 0.1) is 16.0 Å². The molecule has 0 saturated carbocycles. The highest BCUT2D eigenvalue weighted by molar-refractivity contribution is 7.98. The maximum absolute atomic E-state index is 12.3. The van der Waals surface area contributed by atoms with Crippen LogP contribution in [0.1, 0.15) is 23.7 Å². The summed E-state index contributed by atoms with van der Waals surface area (Å²) in [6.45, 7) is 3.83. The van der Waals surface area contributed by atoms with Gasteiger partial charge in [-0.1, -0.05) is 6.92 Å². The molecule has 1 aliphatic heterocycles. The van der Waals surface area contributed by atoms with Crippen LogP contribution in [0.3, 0.4) is 0 Å². The van der Waals surface area contributed by atoms with E-state index in [2.05, 4.69) is 17.6 Å². The minimum atomic E-state index is -0.449. The van der Waals surface area contributed by atoms with Crippen molar-refractivity contribution in [1.82, 2.24) is 10.6 Å². The summed E-state index contributed by atoms with van der Waals surface area (Å²) in [6, 6.07) is 4.73. The van der Waals surface area contributed by atoms with Gasteiger partial charge in [0.15, 0.2) is 0 Å². The molecule has 1 fully saturated rings. The van der Waals surface area contributed by atoms with E-state index in [4.69, 9.17) is 0 Å². The van der Waals surface area contributed by atoms with Crippen LogP contribution < -0.4 is 10.6 Å². The van der Waals surface area contributed by atoms with Crippen molar-refractivity contribution in [2.75, 3.05) is 19.3 Å². The van der Waals surface area contributed by atoms with Crippen molar-refractivity contribution >= 4 is 35.8 Å². The van der Waals surface area contributed by atoms with Crippen molar-refractivity contribution in [3.05, 3.63) is 33.9 Å². The van der Waals surface area contributed by atoms with Gasteiger partial charge in [-0.25, -0.2) is 0 Å². The first-order valence-electron chi connectivity index (χ1n) is 6.87. The Morgan fingerprint density at radius 3 is 2.82 bits per heavy atom. The summed E-state index contributed by atoms with van der Waals surface area (Å²) in [7, 11) is 0. The Bertz CT molecular complexity index is 556. The van der Waals surface area contributed by atoms with Crippen molar-refractivity contribution in [2.45, 2.75) is 24.3 Å². The summed E-state index contributed by atoms with van der Waals surface area (Å²) in [6.07, 6.45) is 2.65. The summed E-state index contributed by atoms with van der Waals surface area (Å²) >= 11 is 1.30. The van der Waals surface area contributed by atoms with E-state index in [-0.39, 0.29) is 30.0 Å². The summed E-state index contributed by atoms with van der Waals surface area (Å²) in [5, 5.41) is 17.3. The number of nitrogens with one attached hydrogen (secondary N) is 2. The number of hydrogen-bond acceptors (Lipinski definition) is 5. The molecule has 0 spiro atoms. The normalized spacial score (nSPS) is 20.8. The number of halogens is 1. The average molecular weight is 346 g/mol. The van der Waals surface area contributed by atoms with Gasteiger partial charge < -0.3 is 10.6 Å². The Kier molecular flexibility index (Phi) is 7.12. The van der Waals surface area contributed by atoms with Crippen LogP contribution in [-0.2, 0) is 0 Å². The molecular weight excluding hydrogens is 326 g/mol. The molecule has 0 aromatic heterocycles. The number of hydrogen-bond donors (Lipinski definition) is 2. The van der Waals surface area contributed by atoms with Crippen LogP contribution in [0.25, 0.3) is 0 Å². The number of carbonyl (C=O) groups is 1. The molecule has 22 heavy (non-hydrogen) atoms. The number of amides is 1. The lowest BCUT2D eigenvalue weighted by Gasteiger charge is -2.30. The largest absolute Gasteiger partial charge is 0.349 e. The predicted molar refractivity (Wildman–Crippen MR) is 90.0 cm³/mol. The Morgan fingerprint density at radius 1 is 1.50 bits per heavy atom. The second-order valence-electron chi connectivity index (χ2n) is 5.19. The first kappa shape index (κ1) is 18.7. The lowest BCUT2D eigenvalue weighted by Crippen LogP contribution is -2.48. The zero-order chi connectivity index (χ0) is 15.4. The van der Waals surface area contributed by atoms with Crippen molar-refractivity contribution < 1.29 is 9.72 Å². The minimum Gasteiger partial charge on any atom is -0.349 e. The second-order valence-corrected chi connectivity index (χ2v) is 6.04. The molecule has 1 saturated heterocycles. The van der Waals surface area contributed by atoms with E-state index in [0.717, 1.165) is 19.5 Å². The molecule has 1 aromatic rings. The highest BCUT2D eigenvalue weighted by Gasteiger charge is 2.24. The highest BCUT2D eigenvalue weighted by atomic mass is 35.5. The van der Waals surface area contributed by atoms with Gasteiger partial charge in [-0.15, -0.1) is 24.2 Å². The van der Waals surface area contributed by atoms with Crippen LogP contribution in [0.2, 0.25) is 0 Å². The number of thioether (sulfide) groups is 1. The Labute approximate surface area is 140 Å². The molecule has 1 heterocycles. The number of nitro benzene ring substituents is 1. The number of nitrogens with zero attached hydrogens (tertiary/aromatic N) is 1. The number of carbonyl (C=O) groups excluding carboxylic acids is 1. The summed E-state index contributed by atoms with van der Waals surface area (Å²) in [4.78, 5) is 23.4. The van der Waals surface area contributed by atoms with Crippen molar-refractivity contribution in [3.8, 4) is 0 Å². The van der Waals surface area contributed by atoms with Crippen LogP contribution >= 0.6 is 24.2 Å². The molecule has 2 rings (SSSR count). The fourth-order valence-electron chi connectivity index (χ4n) is 2.45. The average Bonchev–Trinajstić information content (AvgIpc) is 2.48. The molecule has 2 N–H and O–H groups in total. The van der Waals surface area contributed by atoms with Gasteiger partial charge in [-0.05, 0) is 43.8 Å². The fourth-order valence-corrected chi connectivity index (χ4v) is 3.00. The maximum atomic E-state index is 12.3. The van der Waals surface area contributed by atoms with Crippen LogP contribution in [-0.4, -0.2) is 36.2 Å². The monoisotopic (exact) mass is 345 g/mol. The molecule has 122 valence electrons. The third kappa shape index (κ3) is 4.34. The summed E-state index contributed by atoms with van der Waals surface area (Å²) < 4.78 is 0. The highest BCUT2D eigenvalue weighted by Crippen LogP contribution is 2.28. The molecule has 0 radical (unpaired) electrons.